The van der Waals surface area contributed by atoms with Crippen LogP contribution < -0.4 is 5.32 Å². The van der Waals surface area contributed by atoms with Crippen LogP contribution >= 0.6 is 0 Å². The van der Waals surface area contributed by atoms with Crippen molar-refractivity contribution in [2.24, 2.45) is 0 Å². The summed E-state index contributed by atoms with van der Waals surface area (Å²) in [5.41, 5.74) is 0.993. The van der Waals surface area contributed by atoms with Crippen molar-refractivity contribution in [1.29, 1.82) is 0 Å². The maximum Gasteiger partial charge on any atom is 0.317 e. The zero-order chi connectivity index (χ0) is 13.7. The number of aliphatic hydroxyl groups excluding tert-OH is 1. The van der Waals surface area contributed by atoms with Crippen molar-refractivity contribution in [2.75, 3.05) is 13.2 Å². The SMILES string of the molecule is CCn1cc(CNC(=O)N2CCCCC2CO)cn1. The summed E-state index contributed by atoms with van der Waals surface area (Å²) >= 11 is 0. The number of amides is 2. The van der Waals surface area contributed by atoms with E-state index in [1.54, 1.807) is 11.1 Å². The third-order valence-electron chi connectivity index (χ3n) is 3.55. The van der Waals surface area contributed by atoms with E-state index in [1.807, 2.05) is 17.8 Å². The topological polar surface area (TPSA) is 70.4 Å². The molecule has 0 aromatic carbocycles. The minimum absolute atomic E-state index is 0.0351. The Morgan fingerprint density at radius 3 is 3.11 bits per heavy atom. The van der Waals surface area contributed by atoms with Gasteiger partial charge >= 0.3 is 6.03 Å². The van der Waals surface area contributed by atoms with Crippen LogP contribution in [-0.2, 0) is 13.1 Å². The van der Waals surface area contributed by atoms with Gasteiger partial charge in [-0.15, -0.1) is 0 Å². The molecule has 0 spiro atoms. The number of nitrogens with zero attached hydrogens (tertiary/aromatic N) is 3. The Labute approximate surface area is 113 Å². The minimum atomic E-state index is -0.0944. The van der Waals surface area contributed by atoms with Crippen molar-refractivity contribution in [3.63, 3.8) is 0 Å². The summed E-state index contributed by atoms with van der Waals surface area (Å²) in [7, 11) is 0. The van der Waals surface area contributed by atoms with Gasteiger partial charge in [-0.1, -0.05) is 0 Å². The Hall–Kier alpha value is -1.56. The van der Waals surface area contributed by atoms with Crippen molar-refractivity contribution in [3.8, 4) is 0 Å². The van der Waals surface area contributed by atoms with Gasteiger partial charge in [-0.3, -0.25) is 4.68 Å². The number of carbonyl (C=O) groups excluding carboxylic acids is 1. The van der Waals surface area contributed by atoms with Gasteiger partial charge in [0.2, 0.25) is 0 Å². The number of urea groups is 1. The second-order valence-electron chi connectivity index (χ2n) is 4.89. The molecule has 6 nitrogen and oxygen atoms in total. The molecule has 0 saturated carbocycles. The number of aliphatic hydroxyl groups is 1. The molecule has 6 heteroatoms. The number of hydrogen-bond acceptors (Lipinski definition) is 3. The maximum atomic E-state index is 12.1. The number of piperidine rings is 1. The Morgan fingerprint density at radius 2 is 2.42 bits per heavy atom. The molecule has 1 aliphatic heterocycles. The fourth-order valence-corrected chi connectivity index (χ4v) is 2.41. The molecule has 1 aromatic heterocycles. The van der Waals surface area contributed by atoms with E-state index in [1.165, 1.54) is 0 Å². The van der Waals surface area contributed by atoms with Gasteiger partial charge in [-0.25, -0.2) is 4.79 Å². The minimum Gasteiger partial charge on any atom is -0.394 e. The second kappa shape index (κ2) is 6.56. The summed E-state index contributed by atoms with van der Waals surface area (Å²) in [4.78, 5) is 13.8. The van der Waals surface area contributed by atoms with Gasteiger partial charge in [0.15, 0.2) is 0 Å². The van der Waals surface area contributed by atoms with Crippen LogP contribution in [-0.4, -0.2) is 45.0 Å². The smallest absolute Gasteiger partial charge is 0.317 e. The summed E-state index contributed by atoms with van der Waals surface area (Å²) < 4.78 is 1.83. The van der Waals surface area contributed by atoms with Crippen LogP contribution in [0.4, 0.5) is 4.79 Å². The molecule has 19 heavy (non-hydrogen) atoms. The van der Waals surface area contributed by atoms with Crippen molar-refractivity contribution < 1.29 is 9.90 Å². The van der Waals surface area contributed by atoms with Gasteiger partial charge in [-0.05, 0) is 26.2 Å². The van der Waals surface area contributed by atoms with Gasteiger partial charge in [0, 0.05) is 31.4 Å². The Kier molecular flexibility index (Phi) is 4.79. The molecule has 0 aliphatic carbocycles. The van der Waals surface area contributed by atoms with E-state index in [2.05, 4.69) is 10.4 Å². The highest BCUT2D eigenvalue weighted by Crippen LogP contribution is 2.16. The third kappa shape index (κ3) is 3.47. The molecule has 2 N–H and O–H groups in total. The number of likely N-dealkylation sites (tertiary alicyclic amines) is 1. The van der Waals surface area contributed by atoms with Crippen LogP contribution in [0.25, 0.3) is 0 Å². The highest BCUT2D eigenvalue weighted by molar-refractivity contribution is 5.74. The Morgan fingerprint density at radius 1 is 1.58 bits per heavy atom. The molecular weight excluding hydrogens is 244 g/mol. The van der Waals surface area contributed by atoms with Crippen LogP contribution in [0.2, 0.25) is 0 Å². The van der Waals surface area contributed by atoms with Gasteiger partial charge in [0.1, 0.15) is 0 Å². The van der Waals surface area contributed by atoms with E-state index >= 15 is 0 Å². The first-order valence-corrected chi connectivity index (χ1v) is 6.91. The molecule has 1 aliphatic rings. The number of carbonyl (C=O) groups is 1. The first-order valence-electron chi connectivity index (χ1n) is 6.91. The number of hydrogen-bond donors (Lipinski definition) is 2. The van der Waals surface area contributed by atoms with Crippen molar-refractivity contribution in [2.45, 2.75) is 45.3 Å². The standard InChI is InChI=1S/C13H22N4O2/c1-2-16-9-11(8-15-16)7-14-13(19)17-6-4-3-5-12(17)10-18/h8-9,12,18H,2-7,10H2,1H3,(H,14,19). The highest BCUT2D eigenvalue weighted by Gasteiger charge is 2.25. The molecular formula is C13H22N4O2. The molecule has 0 radical (unpaired) electrons. The van der Waals surface area contributed by atoms with Crippen LogP contribution in [0.1, 0.15) is 31.7 Å². The van der Waals surface area contributed by atoms with Gasteiger partial charge < -0.3 is 15.3 Å². The predicted molar refractivity (Wildman–Crippen MR) is 71.6 cm³/mol. The summed E-state index contributed by atoms with van der Waals surface area (Å²) in [6.07, 6.45) is 6.68. The van der Waals surface area contributed by atoms with Crippen LogP contribution in [0, 0.1) is 0 Å². The molecule has 2 rings (SSSR count). The molecule has 2 heterocycles. The van der Waals surface area contributed by atoms with E-state index in [9.17, 15) is 9.90 Å². The lowest BCUT2D eigenvalue weighted by molar-refractivity contribution is 0.108. The third-order valence-corrected chi connectivity index (χ3v) is 3.55. The summed E-state index contributed by atoms with van der Waals surface area (Å²) in [5, 5.41) is 16.4. The van der Waals surface area contributed by atoms with Gasteiger partial charge in [-0.2, -0.15) is 5.10 Å². The lowest BCUT2D eigenvalue weighted by Gasteiger charge is -2.34. The van der Waals surface area contributed by atoms with Crippen molar-refractivity contribution in [1.82, 2.24) is 20.0 Å². The van der Waals surface area contributed by atoms with Gasteiger partial charge in [0.05, 0.1) is 18.8 Å². The number of aromatic nitrogens is 2. The summed E-state index contributed by atoms with van der Waals surface area (Å²) in [6, 6.07) is -0.130. The predicted octanol–water partition coefficient (Wildman–Crippen LogP) is 0.959. The number of rotatable bonds is 4. The quantitative estimate of drug-likeness (QED) is 0.852. The zero-order valence-electron chi connectivity index (χ0n) is 11.4. The molecule has 1 atom stereocenters. The number of aryl methyl sites for hydroxylation is 1. The lowest BCUT2D eigenvalue weighted by Crippen LogP contribution is -2.49. The van der Waals surface area contributed by atoms with E-state index < -0.39 is 0 Å². The average Bonchev–Trinajstić information content (AvgIpc) is 2.92. The second-order valence-corrected chi connectivity index (χ2v) is 4.89. The summed E-state index contributed by atoms with van der Waals surface area (Å²) in [6.45, 7) is 4.10. The fourth-order valence-electron chi connectivity index (χ4n) is 2.41. The molecule has 1 unspecified atom stereocenters. The lowest BCUT2D eigenvalue weighted by atomic mass is 10.0. The van der Waals surface area contributed by atoms with Crippen molar-refractivity contribution >= 4 is 6.03 Å². The van der Waals surface area contributed by atoms with Crippen LogP contribution in [0.15, 0.2) is 12.4 Å². The summed E-state index contributed by atoms with van der Waals surface area (Å²) in [5.74, 6) is 0. The van der Waals surface area contributed by atoms with Gasteiger partial charge in [0.25, 0.3) is 0 Å². The average molecular weight is 266 g/mol. The van der Waals surface area contributed by atoms with E-state index in [0.29, 0.717) is 6.54 Å². The first-order chi connectivity index (χ1) is 9.24. The molecule has 0 bridgehead atoms. The molecule has 1 saturated heterocycles. The highest BCUT2D eigenvalue weighted by atomic mass is 16.3. The van der Waals surface area contributed by atoms with E-state index in [4.69, 9.17) is 0 Å². The molecule has 1 fully saturated rings. The molecule has 2 amide bonds. The first kappa shape index (κ1) is 13.9. The molecule has 1 aromatic rings. The van der Waals surface area contributed by atoms with Crippen LogP contribution in [0.3, 0.4) is 0 Å². The Balaban J connectivity index is 1.86. The van der Waals surface area contributed by atoms with Crippen molar-refractivity contribution in [3.05, 3.63) is 18.0 Å². The maximum absolute atomic E-state index is 12.1. The van der Waals surface area contributed by atoms with E-state index in [0.717, 1.165) is 37.9 Å². The monoisotopic (exact) mass is 266 g/mol. The zero-order valence-corrected chi connectivity index (χ0v) is 11.4. The Bertz CT molecular complexity index is 419. The largest absolute Gasteiger partial charge is 0.394 e. The number of nitrogens with one attached hydrogen (secondary N) is 1. The van der Waals surface area contributed by atoms with Crippen LogP contribution in [0.5, 0.6) is 0 Å². The molecule has 106 valence electrons. The normalized spacial score (nSPS) is 19.5. The van der Waals surface area contributed by atoms with E-state index in [-0.39, 0.29) is 18.7 Å². The fraction of sp³-hybridized carbons (Fsp3) is 0.692.